The number of esters is 1. The van der Waals surface area contributed by atoms with E-state index in [1.54, 1.807) is 42.5 Å². The van der Waals surface area contributed by atoms with E-state index < -0.39 is 17.8 Å². The highest BCUT2D eigenvalue weighted by atomic mass is 35.5. The van der Waals surface area contributed by atoms with E-state index in [-0.39, 0.29) is 22.2 Å². The second-order valence-corrected chi connectivity index (χ2v) is 8.29. The molecule has 2 N–H and O–H groups in total. The maximum absolute atomic E-state index is 12.5. The van der Waals surface area contributed by atoms with Crippen molar-refractivity contribution in [1.82, 2.24) is 5.43 Å². The third kappa shape index (κ3) is 7.96. The van der Waals surface area contributed by atoms with Crippen molar-refractivity contribution in [1.29, 1.82) is 0 Å². The van der Waals surface area contributed by atoms with E-state index in [2.05, 4.69) is 15.8 Å². The van der Waals surface area contributed by atoms with Crippen LogP contribution in [0, 0.1) is 0 Å². The average Bonchev–Trinajstić information content (AvgIpc) is 2.90. The van der Waals surface area contributed by atoms with Crippen LogP contribution >= 0.6 is 23.2 Å². The Kier molecular flexibility index (Phi) is 9.88. The number of rotatable bonds is 9. The standard InChI is InChI=1S/C26H23Cl2N3O6/c1-3-12-36-19-8-5-17(6-9-19)26(34)37-22-11-4-16(13-23(22)35-2)15-29-31-25(33)24(32)30-21-14-18(27)7-10-20(21)28/h4-11,13-15H,3,12H2,1-2H3,(H,30,32)(H,31,33)/b29-15-. The minimum atomic E-state index is -1.02. The third-order valence-electron chi connectivity index (χ3n) is 4.72. The Bertz CT molecular complexity index is 1310. The number of hydrazone groups is 1. The minimum Gasteiger partial charge on any atom is -0.494 e. The highest BCUT2D eigenvalue weighted by molar-refractivity contribution is 6.42. The number of hydrogen-bond acceptors (Lipinski definition) is 7. The number of nitrogens with one attached hydrogen (secondary N) is 2. The summed E-state index contributed by atoms with van der Waals surface area (Å²) in [5, 5.41) is 6.69. The van der Waals surface area contributed by atoms with Crippen LogP contribution in [0.25, 0.3) is 0 Å². The Morgan fingerprint density at radius 3 is 2.41 bits per heavy atom. The van der Waals surface area contributed by atoms with Crippen LogP contribution in [0.5, 0.6) is 17.2 Å². The lowest BCUT2D eigenvalue weighted by molar-refractivity contribution is -0.136. The largest absolute Gasteiger partial charge is 0.494 e. The number of amides is 2. The van der Waals surface area contributed by atoms with Gasteiger partial charge in [-0.05, 0) is 72.6 Å². The normalized spacial score (nSPS) is 10.6. The molecule has 0 aliphatic rings. The van der Waals surface area contributed by atoms with Gasteiger partial charge in [-0.3, -0.25) is 9.59 Å². The van der Waals surface area contributed by atoms with E-state index in [0.29, 0.717) is 28.5 Å². The number of anilines is 1. The van der Waals surface area contributed by atoms with E-state index in [9.17, 15) is 14.4 Å². The predicted molar refractivity (Wildman–Crippen MR) is 141 cm³/mol. The summed E-state index contributed by atoms with van der Waals surface area (Å²) in [6.07, 6.45) is 2.17. The molecular weight excluding hydrogens is 521 g/mol. The van der Waals surface area contributed by atoms with Gasteiger partial charge >= 0.3 is 17.8 Å². The zero-order chi connectivity index (χ0) is 26.8. The first-order valence-electron chi connectivity index (χ1n) is 11.0. The number of benzene rings is 3. The van der Waals surface area contributed by atoms with Gasteiger partial charge in [0.15, 0.2) is 11.5 Å². The summed E-state index contributed by atoms with van der Waals surface area (Å²) in [4.78, 5) is 36.6. The van der Waals surface area contributed by atoms with Gasteiger partial charge in [0.25, 0.3) is 0 Å². The Balaban J connectivity index is 1.59. The first-order valence-corrected chi connectivity index (χ1v) is 11.8. The molecule has 9 nitrogen and oxygen atoms in total. The smallest absolute Gasteiger partial charge is 0.343 e. The lowest BCUT2D eigenvalue weighted by Gasteiger charge is -2.10. The fourth-order valence-electron chi connectivity index (χ4n) is 2.90. The van der Waals surface area contributed by atoms with Crippen LogP contribution < -0.4 is 25.0 Å². The number of hydrogen-bond donors (Lipinski definition) is 2. The fourth-order valence-corrected chi connectivity index (χ4v) is 3.24. The Morgan fingerprint density at radius 1 is 0.946 bits per heavy atom. The molecule has 0 aliphatic heterocycles. The summed E-state index contributed by atoms with van der Waals surface area (Å²) in [6.45, 7) is 2.59. The molecule has 0 saturated carbocycles. The highest BCUT2D eigenvalue weighted by Crippen LogP contribution is 2.29. The van der Waals surface area contributed by atoms with Gasteiger partial charge in [0, 0.05) is 5.02 Å². The highest BCUT2D eigenvalue weighted by Gasteiger charge is 2.16. The van der Waals surface area contributed by atoms with Crippen LogP contribution in [0.3, 0.4) is 0 Å². The summed E-state index contributed by atoms with van der Waals surface area (Å²) in [5.74, 6) is -1.45. The zero-order valence-corrected chi connectivity index (χ0v) is 21.4. The van der Waals surface area contributed by atoms with Gasteiger partial charge in [-0.25, -0.2) is 10.2 Å². The first-order chi connectivity index (χ1) is 17.8. The van der Waals surface area contributed by atoms with Gasteiger partial charge in [-0.1, -0.05) is 30.1 Å². The van der Waals surface area contributed by atoms with Crippen molar-refractivity contribution in [3.8, 4) is 17.2 Å². The van der Waals surface area contributed by atoms with Crippen LogP contribution in [0.4, 0.5) is 5.69 Å². The average molecular weight is 544 g/mol. The second-order valence-electron chi connectivity index (χ2n) is 7.45. The van der Waals surface area contributed by atoms with Crippen molar-refractivity contribution >= 4 is 52.9 Å². The van der Waals surface area contributed by atoms with Crippen molar-refractivity contribution in [2.75, 3.05) is 19.0 Å². The van der Waals surface area contributed by atoms with Crippen LogP contribution in [-0.4, -0.2) is 37.7 Å². The zero-order valence-electron chi connectivity index (χ0n) is 19.9. The molecule has 0 saturated heterocycles. The maximum atomic E-state index is 12.5. The van der Waals surface area contributed by atoms with E-state index in [0.717, 1.165) is 6.42 Å². The Labute approximate surface area is 223 Å². The molecular formula is C26H23Cl2N3O6. The van der Waals surface area contributed by atoms with Crippen LogP contribution in [-0.2, 0) is 9.59 Å². The van der Waals surface area contributed by atoms with Gasteiger partial charge in [0.05, 0.1) is 36.2 Å². The van der Waals surface area contributed by atoms with E-state index in [1.165, 1.54) is 31.5 Å². The number of halogens is 2. The summed E-state index contributed by atoms with van der Waals surface area (Å²) in [5.41, 5.74) is 3.15. The number of ether oxygens (including phenoxy) is 3. The molecule has 0 fully saturated rings. The van der Waals surface area contributed by atoms with E-state index in [1.807, 2.05) is 6.92 Å². The molecule has 0 spiro atoms. The molecule has 3 aromatic carbocycles. The molecule has 11 heteroatoms. The lowest BCUT2D eigenvalue weighted by Crippen LogP contribution is -2.32. The first kappa shape index (κ1) is 27.5. The van der Waals surface area contributed by atoms with Crippen molar-refractivity contribution in [3.63, 3.8) is 0 Å². The fraction of sp³-hybridized carbons (Fsp3) is 0.154. The number of nitrogens with zero attached hydrogens (tertiary/aromatic N) is 1. The number of carbonyl (C=O) groups excluding carboxylic acids is 3. The van der Waals surface area contributed by atoms with Gasteiger partial charge in [-0.15, -0.1) is 0 Å². The third-order valence-corrected chi connectivity index (χ3v) is 5.28. The molecule has 0 unspecified atom stereocenters. The Morgan fingerprint density at radius 2 is 1.70 bits per heavy atom. The molecule has 2 amide bonds. The maximum Gasteiger partial charge on any atom is 0.343 e. The van der Waals surface area contributed by atoms with E-state index >= 15 is 0 Å². The van der Waals surface area contributed by atoms with Crippen molar-refractivity contribution in [2.24, 2.45) is 5.10 Å². The molecule has 3 rings (SSSR count). The van der Waals surface area contributed by atoms with Gasteiger partial charge in [0.1, 0.15) is 5.75 Å². The molecule has 192 valence electrons. The van der Waals surface area contributed by atoms with Crippen LogP contribution in [0.15, 0.2) is 65.8 Å². The van der Waals surface area contributed by atoms with Crippen molar-refractivity contribution in [3.05, 3.63) is 81.8 Å². The molecule has 0 radical (unpaired) electrons. The SMILES string of the molecule is CCCOc1ccc(C(=O)Oc2ccc(/C=N\NC(=O)C(=O)Nc3cc(Cl)ccc3Cl)cc2OC)cc1. The lowest BCUT2D eigenvalue weighted by atomic mass is 10.2. The summed E-state index contributed by atoms with van der Waals surface area (Å²) in [7, 11) is 1.42. The Hall–Kier alpha value is -4.08. The van der Waals surface area contributed by atoms with Gasteiger partial charge in [-0.2, -0.15) is 5.10 Å². The molecule has 0 bridgehead atoms. The van der Waals surface area contributed by atoms with E-state index in [4.69, 9.17) is 37.4 Å². The second kappa shape index (κ2) is 13.3. The number of methoxy groups -OCH3 is 1. The monoisotopic (exact) mass is 543 g/mol. The van der Waals surface area contributed by atoms with Crippen molar-refractivity contribution < 1.29 is 28.6 Å². The topological polar surface area (TPSA) is 115 Å². The number of carbonyl (C=O) groups is 3. The molecule has 0 heterocycles. The predicted octanol–water partition coefficient (Wildman–Crippen LogP) is 5.10. The quantitative estimate of drug-likeness (QED) is 0.127. The summed E-state index contributed by atoms with van der Waals surface area (Å²) >= 11 is 11.8. The molecule has 37 heavy (non-hydrogen) atoms. The summed E-state index contributed by atoms with van der Waals surface area (Å²) in [6, 6.07) is 15.7. The minimum absolute atomic E-state index is 0.189. The van der Waals surface area contributed by atoms with Gasteiger partial charge < -0.3 is 19.5 Å². The molecule has 0 aromatic heterocycles. The van der Waals surface area contributed by atoms with Crippen LogP contribution in [0.1, 0.15) is 29.3 Å². The molecule has 3 aromatic rings. The molecule has 0 aliphatic carbocycles. The molecule has 0 atom stereocenters. The van der Waals surface area contributed by atoms with Crippen LogP contribution in [0.2, 0.25) is 10.0 Å². The summed E-state index contributed by atoms with van der Waals surface area (Å²) < 4.78 is 16.3. The van der Waals surface area contributed by atoms with Gasteiger partial charge in [0.2, 0.25) is 0 Å². The van der Waals surface area contributed by atoms with Crippen molar-refractivity contribution in [2.45, 2.75) is 13.3 Å².